The molecule has 1 aromatic rings. The molecule has 2 aliphatic rings. The molecule has 2 N–H and O–H groups in total. The van der Waals surface area contributed by atoms with Gasteiger partial charge in [0, 0.05) is 38.2 Å². The lowest BCUT2D eigenvalue weighted by atomic mass is 9.81. The Hall–Kier alpha value is -2.32. The molecule has 0 radical (unpaired) electrons. The third kappa shape index (κ3) is 6.88. The van der Waals surface area contributed by atoms with Crippen LogP contribution in [0.15, 0.2) is 18.2 Å². The number of likely N-dealkylation sites (tertiary alicyclic amines) is 1. The van der Waals surface area contributed by atoms with Crippen LogP contribution in [0.2, 0.25) is 0 Å². The Bertz CT molecular complexity index is 839. The topological polar surface area (TPSA) is 99.5 Å². The molecule has 2 aliphatic heterocycles. The molecule has 4 atom stereocenters. The number of aliphatic hydroxyl groups excluding tert-OH is 1. The number of nitrogens with zero attached hydrogens (tertiary/aromatic N) is 2. The number of aliphatic hydroxyl groups is 1. The molecule has 0 saturated carbocycles. The van der Waals surface area contributed by atoms with E-state index in [1.165, 1.54) is 0 Å². The van der Waals surface area contributed by atoms with E-state index >= 15 is 0 Å². The van der Waals surface area contributed by atoms with Gasteiger partial charge in [-0.1, -0.05) is 46.1 Å². The largest absolute Gasteiger partial charge is 0.481 e. The second kappa shape index (κ2) is 13.1. The van der Waals surface area contributed by atoms with Gasteiger partial charge in [-0.2, -0.15) is 0 Å². The number of carboxylic acid groups (broad SMARTS) is 1. The number of unbranched alkanes of at least 4 members (excludes halogenated alkanes) is 1. The monoisotopic (exact) mass is 490 g/mol. The van der Waals surface area contributed by atoms with Crippen LogP contribution in [0.3, 0.4) is 0 Å². The van der Waals surface area contributed by atoms with E-state index in [0.29, 0.717) is 43.5 Å². The molecule has 2 heterocycles. The lowest BCUT2D eigenvalue weighted by Crippen LogP contribution is -2.45. The number of rotatable bonds is 14. The minimum Gasteiger partial charge on any atom is -0.481 e. The van der Waals surface area contributed by atoms with E-state index in [0.717, 1.165) is 37.7 Å². The third-order valence-electron chi connectivity index (χ3n) is 7.34. The zero-order valence-electron chi connectivity index (χ0n) is 21.4. The van der Waals surface area contributed by atoms with Crippen LogP contribution < -0.4 is 9.47 Å². The predicted molar refractivity (Wildman–Crippen MR) is 134 cm³/mol. The van der Waals surface area contributed by atoms with E-state index in [9.17, 15) is 19.8 Å². The summed E-state index contributed by atoms with van der Waals surface area (Å²) < 4.78 is 11.0. The standard InChI is InChI=1S/C27H42N2O6/c1-4-6-11-28(12-7-13-30)25(31)17-29-16-21(20-9-10-23-24(15-20)35-18-34-23)26(27(32)33)22(29)14-19(3)8-5-2/h9-10,15,19,21-22,26,30H,4-8,11-14,16-18H2,1-3H3,(H,32,33). The van der Waals surface area contributed by atoms with Gasteiger partial charge < -0.3 is 24.6 Å². The lowest BCUT2D eigenvalue weighted by Gasteiger charge is -2.31. The SMILES string of the molecule is CCCCN(CCCO)C(=O)CN1CC(c2ccc3c(c2)OCO3)C(C(=O)O)C1CC(C)CCC. The van der Waals surface area contributed by atoms with Gasteiger partial charge in [0.25, 0.3) is 0 Å². The van der Waals surface area contributed by atoms with Crippen LogP contribution in [0.5, 0.6) is 11.5 Å². The van der Waals surface area contributed by atoms with Gasteiger partial charge in [-0.3, -0.25) is 14.5 Å². The van der Waals surface area contributed by atoms with E-state index in [-0.39, 0.29) is 37.8 Å². The number of hydrogen-bond donors (Lipinski definition) is 2. The number of benzene rings is 1. The Balaban J connectivity index is 1.86. The van der Waals surface area contributed by atoms with Gasteiger partial charge in [0.1, 0.15) is 0 Å². The quantitative estimate of drug-likeness (QED) is 0.410. The van der Waals surface area contributed by atoms with Gasteiger partial charge in [-0.15, -0.1) is 0 Å². The minimum atomic E-state index is -0.820. The number of carboxylic acids is 1. The minimum absolute atomic E-state index is 0.00974. The zero-order chi connectivity index (χ0) is 25.4. The molecule has 0 aliphatic carbocycles. The van der Waals surface area contributed by atoms with Gasteiger partial charge in [0.05, 0.1) is 12.5 Å². The summed E-state index contributed by atoms with van der Waals surface area (Å²) in [7, 11) is 0. The second-order valence-electron chi connectivity index (χ2n) is 10.0. The van der Waals surface area contributed by atoms with Gasteiger partial charge in [0.2, 0.25) is 12.7 Å². The highest BCUT2D eigenvalue weighted by Crippen LogP contribution is 2.43. The van der Waals surface area contributed by atoms with Gasteiger partial charge >= 0.3 is 5.97 Å². The molecular formula is C27H42N2O6. The first-order chi connectivity index (χ1) is 16.9. The van der Waals surface area contributed by atoms with Gasteiger partial charge in [-0.25, -0.2) is 0 Å². The van der Waals surface area contributed by atoms with Crippen molar-refractivity contribution in [2.45, 2.75) is 71.3 Å². The average Bonchev–Trinajstić information content (AvgIpc) is 3.43. The number of hydrogen-bond acceptors (Lipinski definition) is 6. The number of amides is 1. The van der Waals surface area contributed by atoms with Crippen molar-refractivity contribution < 1.29 is 29.3 Å². The van der Waals surface area contributed by atoms with E-state index in [1.807, 2.05) is 23.1 Å². The van der Waals surface area contributed by atoms with Crippen LogP contribution >= 0.6 is 0 Å². The molecule has 0 spiro atoms. The summed E-state index contributed by atoms with van der Waals surface area (Å²) in [6.45, 7) is 8.51. The maximum Gasteiger partial charge on any atom is 0.308 e. The highest BCUT2D eigenvalue weighted by atomic mass is 16.7. The summed E-state index contributed by atoms with van der Waals surface area (Å²) in [5.74, 6) is 0.0284. The molecule has 196 valence electrons. The van der Waals surface area contributed by atoms with Crippen LogP contribution in [-0.4, -0.2) is 77.5 Å². The van der Waals surface area contributed by atoms with Crippen molar-refractivity contribution in [3.8, 4) is 11.5 Å². The fraction of sp³-hybridized carbons (Fsp3) is 0.704. The van der Waals surface area contributed by atoms with Crippen molar-refractivity contribution in [1.29, 1.82) is 0 Å². The Morgan fingerprint density at radius 1 is 1.14 bits per heavy atom. The number of carbonyl (C=O) groups excluding carboxylic acids is 1. The predicted octanol–water partition coefficient (Wildman–Crippen LogP) is 3.72. The van der Waals surface area contributed by atoms with E-state index in [1.54, 1.807) is 0 Å². The number of fused-ring (bicyclic) bond motifs is 1. The molecule has 1 aromatic carbocycles. The Labute approximate surface area is 209 Å². The van der Waals surface area contributed by atoms with Gasteiger partial charge in [-0.05, 0) is 42.9 Å². The van der Waals surface area contributed by atoms with Crippen LogP contribution in [0, 0.1) is 11.8 Å². The Morgan fingerprint density at radius 2 is 1.89 bits per heavy atom. The van der Waals surface area contributed by atoms with Crippen molar-refractivity contribution in [2.75, 3.05) is 39.6 Å². The summed E-state index contributed by atoms with van der Waals surface area (Å²) in [6.07, 6.45) is 5.25. The Morgan fingerprint density at radius 3 is 2.57 bits per heavy atom. The molecule has 3 rings (SSSR count). The first-order valence-electron chi connectivity index (χ1n) is 13.1. The second-order valence-corrected chi connectivity index (χ2v) is 10.0. The maximum absolute atomic E-state index is 13.4. The van der Waals surface area contributed by atoms with Crippen molar-refractivity contribution in [2.24, 2.45) is 11.8 Å². The average molecular weight is 491 g/mol. The third-order valence-corrected chi connectivity index (χ3v) is 7.34. The summed E-state index contributed by atoms with van der Waals surface area (Å²) in [6, 6.07) is 5.45. The van der Waals surface area contributed by atoms with E-state index in [2.05, 4.69) is 25.7 Å². The molecule has 35 heavy (non-hydrogen) atoms. The summed E-state index contributed by atoms with van der Waals surface area (Å²) >= 11 is 0. The normalized spacial score (nSPS) is 22.3. The number of carbonyl (C=O) groups is 2. The highest BCUT2D eigenvalue weighted by Gasteiger charge is 2.47. The molecule has 1 amide bonds. The van der Waals surface area contributed by atoms with Gasteiger partial charge in [0.15, 0.2) is 11.5 Å². The summed E-state index contributed by atoms with van der Waals surface area (Å²) in [5, 5.41) is 19.6. The van der Waals surface area contributed by atoms with Crippen LogP contribution in [0.1, 0.15) is 70.8 Å². The highest BCUT2D eigenvalue weighted by molar-refractivity contribution is 5.79. The van der Waals surface area contributed by atoms with Crippen LogP contribution in [0.25, 0.3) is 0 Å². The molecule has 0 aromatic heterocycles. The Kier molecular flexibility index (Phi) is 10.2. The number of aliphatic carboxylic acids is 1. The molecule has 0 bridgehead atoms. The molecule has 8 nitrogen and oxygen atoms in total. The van der Waals surface area contributed by atoms with E-state index in [4.69, 9.17) is 9.47 Å². The maximum atomic E-state index is 13.4. The van der Waals surface area contributed by atoms with Crippen molar-refractivity contribution >= 4 is 11.9 Å². The molecule has 4 unspecified atom stereocenters. The zero-order valence-corrected chi connectivity index (χ0v) is 21.4. The fourth-order valence-corrected chi connectivity index (χ4v) is 5.54. The van der Waals surface area contributed by atoms with Crippen LogP contribution in [-0.2, 0) is 9.59 Å². The molecule has 1 saturated heterocycles. The van der Waals surface area contributed by atoms with Crippen molar-refractivity contribution in [3.05, 3.63) is 23.8 Å². The fourth-order valence-electron chi connectivity index (χ4n) is 5.54. The molecule has 1 fully saturated rings. The molecule has 8 heteroatoms. The summed E-state index contributed by atoms with van der Waals surface area (Å²) in [4.78, 5) is 29.9. The van der Waals surface area contributed by atoms with Crippen LogP contribution in [0.4, 0.5) is 0 Å². The van der Waals surface area contributed by atoms with Crippen molar-refractivity contribution in [1.82, 2.24) is 9.80 Å². The lowest BCUT2D eigenvalue weighted by molar-refractivity contribution is -0.144. The first-order valence-corrected chi connectivity index (χ1v) is 13.1. The summed E-state index contributed by atoms with van der Waals surface area (Å²) in [5.41, 5.74) is 0.910. The number of ether oxygens (including phenoxy) is 2. The van der Waals surface area contributed by atoms with Crippen molar-refractivity contribution in [3.63, 3.8) is 0 Å². The first kappa shape index (κ1) is 27.3. The smallest absolute Gasteiger partial charge is 0.308 e. The van der Waals surface area contributed by atoms with E-state index < -0.39 is 11.9 Å². The molecular weight excluding hydrogens is 448 g/mol.